The van der Waals surface area contributed by atoms with Gasteiger partial charge in [0, 0.05) is 55.7 Å². The lowest BCUT2D eigenvalue weighted by atomic mass is 9.95. The van der Waals surface area contributed by atoms with E-state index < -0.39 is 5.97 Å². The minimum Gasteiger partial charge on any atom is -0.493 e. The van der Waals surface area contributed by atoms with Gasteiger partial charge in [0.15, 0.2) is 5.82 Å². The van der Waals surface area contributed by atoms with Crippen LogP contribution in [0.3, 0.4) is 0 Å². The molecule has 3 N–H and O–H groups in total. The third-order valence-electron chi connectivity index (χ3n) is 9.49. The SMILES string of the molecule is Cc1c(Nc2nccc3cc(CN4CCCCC4CC(=O)O)cnc23)cccc1-c1cccc(OCCCN2CCC(O)C2)c1C. The van der Waals surface area contributed by atoms with E-state index >= 15 is 0 Å². The Morgan fingerprint density at radius 2 is 1.85 bits per heavy atom. The van der Waals surface area contributed by atoms with E-state index in [0.717, 1.165) is 108 Å². The highest BCUT2D eigenvalue weighted by Crippen LogP contribution is 2.36. The summed E-state index contributed by atoms with van der Waals surface area (Å²) in [6.07, 6.45) is 8.57. The summed E-state index contributed by atoms with van der Waals surface area (Å²) in [5, 5.41) is 23.7. The predicted molar refractivity (Wildman–Crippen MR) is 182 cm³/mol. The first-order chi connectivity index (χ1) is 22.4. The van der Waals surface area contributed by atoms with Crippen LogP contribution in [0.4, 0.5) is 11.5 Å². The van der Waals surface area contributed by atoms with Crippen LogP contribution >= 0.6 is 0 Å². The van der Waals surface area contributed by atoms with Gasteiger partial charge in [-0.2, -0.15) is 0 Å². The van der Waals surface area contributed by atoms with Crippen molar-refractivity contribution in [3.63, 3.8) is 0 Å². The van der Waals surface area contributed by atoms with E-state index in [1.807, 2.05) is 18.3 Å². The number of hydrogen-bond acceptors (Lipinski definition) is 8. The standard InChI is InChI=1S/C37H45N5O4/c1-25-31(32-10-6-12-34(26(32)2)46-19-7-16-41-18-14-30(43)24-41)9-5-11-33(25)40-37-36-28(13-15-38-37)20-27(22-39-36)23-42-17-4-3-8-29(42)21-35(44)45/h5-6,9-13,15,20,22,29-30,43H,3-4,7-8,14,16-19,21,23-24H2,1-2H3,(H,38,40)(H,44,45). The molecule has 4 heterocycles. The number of nitrogens with zero attached hydrogens (tertiary/aromatic N) is 4. The number of aliphatic hydroxyl groups excluding tert-OH is 1. The van der Waals surface area contributed by atoms with Crippen LogP contribution in [0.5, 0.6) is 5.75 Å². The first kappa shape index (κ1) is 31.9. The second-order valence-electron chi connectivity index (χ2n) is 12.8. The molecule has 0 aliphatic carbocycles. The van der Waals surface area contributed by atoms with Crippen molar-refractivity contribution in [2.45, 2.75) is 71.1 Å². The van der Waals surface area contributed by atoms with Crippen molar-refractivity contribution >= 4 is 28.4 Å². The van der Waals surface area contributed by atoms with Gasteiger partial charge in [0.1, 0.15) is 11.3 Å². The van der Waals surface area contributed by atoms with E-state index in [0.29, 0.717) is 19.0 Å². The van der Waals surface area contributed by atoms with Crippen molar-refractivity contribution in [1.29, 1.82) is 0 Å². The van der Waals surface area contributed by atoms with Gasteiger partial charge in [0.05, 0.1) is 19.1 Å². The molecule has 0 saturated carbocycles. The molecular formula is C37H45N5O4. The molecule has 242 valence electrons. The number of benzene rings is 2. The molecule has 0 amide bonds. The van der Waals surface area contributed by atoms with Crippen molar-refractivity contribution < 1.29 is 19.7 Å². The van der Waals surface area contributed by atoms with Crippen LogP contribution in [0.2, 0.25) is 0 Å². The largest absolute Gasteiger partial charge is 0.493 e. The van der Waals surface area contributed by atoms with E-state index in [4.69, 9.17) is 9.72 Å². The maximum absolute atomic E-state index is 11.4. The van der Waals surface area contributed by atoms with Crippen LogP contribution in [-0.2, 0) is 11.3 Å². The number of β-amino-alcohol motifs (C(OH)–C–C–N with tert-alkyl or cyclic N) is 1. The van der Waals surface area contributed by atoms with E-state index in [2.05, 4.69) is 70.3 Å². The van der Waals surface area contributed by atoms with E-state index in [1.54, 1.807) is 6.20 Å². The minimum absolute atomic E-state index is 0.0679. The normalized spacial score (nSPS) is 19.0. The average molecular weight is 624 g/mol. The number of carbonyl (C=O) groups is 1. The predicted octanol–water partition coefficient (Wildman–Crippen LogP) is 6.32. The molecule has 0 spiro atoms. The van der Waals surface area contributed by atoms with Gasteiger partial charge in [-0.25, -0.2) is 4.98 Å². The summed E-state index contributed by atoms with van der Waals surface area (Å²) in [6, 6.07) is 16.7. The van der Waals surface area contributed by atoms with Gasteiger partial charge in [0.2, 0.25) is 0 Å². The zero-order valence-corrected chi connectivity index (χ0v) is 26.9. The molecule has 2 unspecified atom stereocenters. The number of anilines is 2. The number of fused-ring (bicyclic) bond motifs is 1. The third-order valence-corrected chi connectivity index (χ3v) is 9.49. The van der Waals surface area contributed by atoms with Crippen LogP contribution < -0.4 is 10.1 Å². The van der Waals surface area contributed by atoms with Crippen LogP contribution in [0.1, 0.15) is 55.2 Å². The van der Waals surface area contributed by atoms with Crippen LogP contribution in [0.25, 0.3) is 22.0 Å². The number of rotatable bonds is 12. The molecule has 46 heavy (non-hydrogen) atoms. The fourth-order valence-corrected chi connectivity index (χ4v) is 6.96. The zero-order chi connectivity index (χ0) is 32.0. The Kier molecular flexibility index (Phi) is 10.1. The molecule has 9 nitrogen and oxygen atoms in total. The van der Waals surface area contributed by atoms with Gasteiger partial charge in [-0.05, 0) is 98.2 Å². The molecule has 2 aromatic heterocycles. The number of aliphatic hydroxyl groups is 1. The monoisotopic (exact) mass is 623 g/mol. The number of nitrogens with one attached hydrogen (secondary N) is 1. The van der Waals surface area contributed by atoms with Crippen LogP contribution in [-0.4, -0.2) is 80.9 Å². The smallest absolute Gasteiger partial charge is 0.304 e. The lowest BCUT2D eigenvalue weighted by Crippen LogP contribution is -2.40. The number of aromatic nitrogens is 2. The van der Waals surface area contributed by atoms with E-state index in [-0.39, 0.29) is 18.6 Å². The Balaban J connectivity index is 1.16. The molecule has 4 aromatic rings. The molecular weight excluding hydrogens is 578 g/mol. The summed E-state index contributed by atoms with van der Waals surface area (Å²) in [5.74, 6) is 0.855. The first-order valence-electron chi connectivity index (χ1n) is 16.5. The molecule has 2 aliphatic heterocycles. The molecule has 0 bridgehead atoms. The van der Waals surface area contributed by atoms with Crippen molar-refractivity contribution in [2.75, 3.05) is 38.1 Å². The Labute approximate surface area is 271 Å². The van der Waals surface area contributed by atoms with Gasteiger partial charge >= 0.3 is 5.97 Å². The van der Waals surface area contributed by atoms with Gasteiger partial charge < -0.3 is 25.2 Å². The molecule has 2 aliphatic rings. The van der Waals surface area contributed by atoms with Crippen molar-refractivity contribution in [3.8, 4) is 16.9 Å². The molecule has 2 fully saturated rings. The summed E-state index contributed by atoms with van der Waals surface area (Å²) in [5.41, 5.74) is 7.32. The summed E-state index contributed by atoms with van der Waals surface area (Å²) < 4.78 is 6.23. The fourth-order valence-electron chi connectivity index (χ4n) is 6.96. The van der Waals surface area contributed by atoms with E-state index in [9.17, 15) is 15.0 Å². The topological polar surface area (TPSA) is 111 Å². The highest BCUT2D eigenvalue weighted by molar-refractivity contribution is 5.91. The van der Waals surface area contributed by atoms with Gasteiger partial charge in [-0.1, -0.05) is 30.7 Å². The number of likely N-dealkylation sites (tertiary alicyclic amines) is 2. The van der Waals surface area contributed by atoms with Crippen molar-refractivity contribution in [2.24, 2.45) is 0 Å². The summed E-state index contributed by atoms with van der Waals surface area (Å²) >= 11 is 0. The highest BCUT2D eigenvalue weighted by Gasteiger charge is 2.25. The molecule has 2 aromatic carbocycles. The zero-order valence-electron chi connectivity index (χ0n) is 26.9. The number of aliphatic carboxylic acids is 1. The number of carboxylic acids is 1. The number of piperidine rings is 1. The summed E-state index contributed by atoms with van der Waals surface area (Å²) in [6.45, 7) is 9.14. The van der Waals surface area contributed by atoms with Crippen molar-refractivity contribution in [3.05, 3.63) is 77.6 Å². The molecule has 9 heteroatoms. The summed E-state index contributed by atoms with van der Waals surface area (Å²) in [4.78, 5) is 25.5. The van der Waals surface area contributed by atoms with Gasteiger partial charge in [0.25, 0.3) is 0 Å². The van der Waals surface area contributed by atoms with Gasteiger partial charge in [-0.15, -0.1) is 0 Å². The Morgan fingerprint density at radius 1 is 1.02 bits per heavy atom. The lowest BCUT2D eigenvalue weighted by molar-refractivity contribution is -0.138. The Bertz CT molecular complexity index is 1680. The Hall–Kier alpha value is -4.05. The number of carboxylic acid groups (broad SMARTS) is 1. The van der Waals surface area contributed by atoms with Crippen LogP contribution in [0.15, 0.2) is 60.9 Å². The van der Waals surface area contributed by atoms with E-state index in [1.165, 1.54) is 0 Å². The summed E-state index contributed by atoms with van der Waals surface area (Å²) in [7, 11) is 0. The minimum atomic E-state index is -0.739. The third kappa shape index (κ3) is 7.49. The highest BCUT2D eigenvalue weighted by atomic mass is 16.5. The molecule has 2 atom stereocenters. The lowest BCUT2D eigenvalue weighted by Gasteiger charge is -2.34. The second-order valence-corrected chi connectivity index (χ2v) is 12.8. The number of hydrogen-bond donors (Lipinski definition) is 3. The average Bonchev–Trinajstić information content (AvgIpc) is 3.46. The first-order valence-corrected chi connectivity index (χ1v) is 16.5. The number of ether oxygens (including phenoxy) is 1. The molecule has 0 radical (unpaired) electrons. The maximum Gasteiger partial charge on any atom is 0.304 e. The molecule has 2 saturated heterocycles. The Morgan fingerprint density at radius 3 is 2.65 bits per heavy atom. The molecule has 6 rings (SSSR count). The fraction of sp³-hybridized carbons (Fsp3) is 0.432. The maximum atomic E-state index is 11.4. The number of pyridine rings is 2. The second kappa shape index (κ2) is 14.6. The quantitative estimate of drug-likeness (QED) is 0.156. The van der Waals surface area contributed by atoms with Crippen molar-refractivity contribution in [1.82, 2.24) is 19.8 Å². The van der Waals surface area contributed by atoms with Gasteiger partial charge in [-0.3, -0.25) is 14.7 Å². The van der Waals surface area contributed by atoms with Crippen LogP contribution in [0, 0.1) is 13.8 Å².